The standard InChI is InChI=1S/C10H9Cl2NO/c1-6(14)13-5-4-7-2-3-8(11)9(12)10(7)13/h2-3H,4-5H2,1H3. The van der Waals surface area contributed by atoms with E-state index in [1.165, 1.54) is 6.92 Å². The van der Waals surface area contributed by atoms with E-state index in [1.807, 2.05) is 6.07 Å². The summed E-state index contributed by atoms with van der Waals surface area (Å²) in [6.45, 7) is 2.23. The van der Waals surface area contributed by atoms with Crippen molar-refractivity contribution >= 4 is 34.8 Å². The van der Waals surface area contributed by atoms with Gasteiger partial charge in [0.25, 0.3) is 0 Å². The van der Waals surface area contributed by atoms with Crippen molar-refractivity contribution in [1.82, 2.24) is 0 Å². The van der Waals surface area contributed by atoms with Crippen LogP contribution in [0.25, 0.3) is 0 Å². The lowest BCUT2D eigenvalue weighted by Gasteiger charge is -2.16. The highest BCUT2D eigenvalue weighted by Crippen LogP contribution is 2.39. The van der Waals surface area contributed by atoms with Gasteiger partial charge in [0.2, 0.25) is 5.91 Å². The molecule has 0 unspecified atom stereocenters. The maximum absolute atomic E-state index is 11.3. The molecule has 0 radical (unpaired) electrons. The van der Waals surface area contributed by atoms with Crippen LogP contribution in [-0.4, -0.2) is 12.5 Å². The first-order valence-corrected chi connectivity index (χ1v) is 5.12. The maximum atomic E-state index is 11.3. The fraction of sp³-hybridized carbons (Fsp3) is 0.300. The topological polar surface area (TPSA) is 20.3 Å². The molecule has 14 heavy (non-hydrogen) atoms. The van der Waals surface area contributed by atoms with Crippen molar-refractivity contribution in [1.29, 1.82) is 0 Å². The molecule has 0 fully saturated rings. The number of nitrogens with zero attached hydrogens (tertiary/aromatic N) is 1. The average molecular weight is 230 g/mol. The van der Waals surface area contributed by atoms with Gasteiger partial charge in [-0.05, 0) is 18.1 Å². The zero-order valence-corrected chi connectivity index (χ0v) is 9.19. The summed E-state index contributed by atoms with van der Waals surface area (Å²) < 4.78 is 0. The summed E-state index contributed by atoms with van der Waals surface area (Å²) in [6, 6.07) is 3.69. The zero-order valence-electron chi connectivity index (χ0n) is 7.68. The van der Waals surface area contributed by atoms with E-state index >= 15 is 0 Å². The van der Waals surface area contributed by atoms with Crippen molar-refractivity contribution in [2.24, 2.45) is 0 Å². The van der Waals surface area contributed by atoms with E-state index in [2.05, 4.69) is 0 Å². The van der Waals surface area contributed by atoms with E-state index in [-0.39, 0.29) is 5.91 Å². The largest absolute Gasteiger partial charge is 0.311 e. The molecule has 0 atom stereocenters. The highest BCUT2D eigenvalue weighted by atomic mass is 35.5. The highest BCUT2D eigenvalue weighted by Gasteiger charge is 2.25. The van der Waals surface area contributed by atoms with Crippen molar-refractivity contribution in [3.63, 3.8) is 0 Å². The van der Waals surface area contributed by atoms with Crippen molar-refractivity contribution in [3.8, 4) is 0 Å². The lowest BCUT2D eigenvalue weighted by Crippen LogP contribution is -2.26. The van der Waals surface area contributed by atoms with Crippen molar-refractivity contribution in [2.75, 3.05) is 11.4 Å². The molecule has 1 aliphatic rings. The van der Waals surface area contributed by atoms with E-state index in [1.54, 1.807) is 11.0 Å². The second-order valence-electron chi connectivity index (χ2n) is 3.29. The molecule has 4 heteroatoms. The molecule has 1 heterocycles. The van der Waals surface area contributed by atoms with Crippen LogP contribution in [0.5, 0.6) is 0 Å². The average Bonchev–Trinajstić information content (AvgIpc) is 2.55. The van der Waals surface area contributed by atoms with Crippen LogP contribution in [-0.2, 0) is 11.2 Å². The molecule has 1 aliphatic heterocycles. The number of rotatable bonds is 0. The van der Waals surface area contributed by atoms with Crippen LogP contribution in [0.1, 0.15) is 12.5 Å². The summed E-state index contributed by atoms with van der Waals surface area (Å²) in [5.41, 5.74) is 1.88. The second kappa shape index (κ2) is 3.44. The first kappa shape index (κ1) is 9.81. The maximum Gasteiger partial charge on any atom is 0.223 e. The fourth-order valence-corrected chi connectivity index (χ4v) is 2.17. The summed E-state index contributed by atoms with van der Waals surface area (Å²) in [6.07, 6.45) is 0.853. The van der Waals surface area contributed by atoms with Gasteiger partial charge in [0.05, 0.1) is 15.7 Å². The minimum Gasteiger partial charge on any atom is -0.311 e. The Balaban J connectivity index is 2.57. The molecule has 0 N–H and O–H groups in total. The van der Waals surface area contributed by atoms with Gasteiger partial charge in [0, 0.05) is 13.5 Å². The van der Waals surface area contributed by atoms with Gasteiger partial charge in [-0.2, -0.15) is 0 Å². The summed E-state index contributed by atoms with van der Waals surface area (Å²) in [4.78, 5) is 13.0. The molecule has 1 amide bonds. The molecule has 0 saturated heterocycles. The molecule has 2 rings (SSSR count). The number of carbonyl (C=O) groups is 1. The Morgan fingerprint density at radius 1 is 1.43 bits per heavy atom. The Hall–Kier alpha value is -0.730. The normalized spacial score (nSPS) is 14.4. The van der Waals surface area contributed by atoms with Crippen LogP contribution in [0.2, 0.25) is 10.0 Å². The van der Waals surface area contributed by atoms with E-state index in [0.717, 1.165) is 17.7 Å². The van der Waals surface area contributed by atoms with Gasteiger partial charge >= 0.3 is 0 Å². The van der Waals surface area contributed by atoms with E-state index in [0.29, 0.717) is 16.6 Å². The smallest absolute Gasteiger partial charge is 0.223 e. The van der Waals surface area contributed by atoms with Crippen LogP contribution in [0.15, 0.2) is 12.1 Å². The number of hydrogen-bond donors (Lipinski definition) is 0. The summed E-state index contributed by atoms with van der Waals surface area (Å²) in [5, 5.41) is 0.982. The van der Waals surface area contributed by atoms with E-state index < -0.39 is 0 Å². The second-order valence-corrected chi connectivity index (χ2v) is 4.07. The Bertz CT molecular complexity index is 403. The lowest BCUT2D eigenvalue weighted by atomic mass is 10.2. The number of halogens is 2. The van der Waals surface area contributed by atoms with Gasteiger partial charge in [-0.1, -0.05) is 29.3 Å². The number of benzene rings is 1. The third-order valence-corrected chi connectivity index (χ3v) is 3.20. The summed E-state index contributed by atoms with van der Waals surface area (Å²) >= 11 is 11.9. The minimum absolute atomic E-state index is 0.00733. The van der Waals surface area contributed by atoms with Crippen LogP contribution in [0.4, 0.5) is 5.69 Å². The number of fused-ring (bicyclic) bond motifs is 1. The van der Waals surface area contributed by atoms with Gasteiger partial charge in [-0.3, -0.25) is 4.79 Å². The SMILES string of the molecule is CC(=O)N1CCc2ccc(Cl)c(Cl)c21. The first-order chi connectivity index (χ1) is 6.61. The molecule has 2 nitrogen and oxygen atoms in total. The van der Waals surface area contributed by atoms with Gasteiger partial charge in [-0.15, -0.1) is 0 Å². The van der Waals surface area contributed by atoms with Gasteiger partial charge in [0.15, 0.2) is 0 Å². The van der Waals surface area contributed by atoms with Crippen LogP contribution >= 0.6 is 23.2 Å². The van der Waals surface area contributed by atoms with Crippen LogP contribution < -0.4 is 4.90 Å². The Labute approximate surface area is 92.4 Å². The molecule has 1 aromatic carbocycles. The van der Waals surface area contributed by atoms with Crippen molar-refractivity contribution in [2.45, 2.75) is 13.3 Å². The number of amides is 1. The molecule has 0 bridgehead atoms. The van der Waals surface area contributed by atoms with Crippen LogP contribution in [0, 0.1) is 0 Å². The Kier molecular flexibility index (Phi) is 2.41. The molecular formula is C10H9Cl2NO. The van der Waals surface area contributed by atoms with Crippen LogP contribution in [0.3, 0.4) is 0 Å². The van der Waals surface area contributed by atoms with Crippen molar-refractivity contribution in [3.05, 3.63) is 27.7 Å². The Morgan fingerprint density at radius 3 is 2.79 bits per heavy atom. The minimum atomic E-state index is 0.00733. The highest BCUT2D eigenvalue weighted by molar-refractivity contribution is 6.44. The monoisotopic (exact) mass is 229 g/mol. The molecule has 0 aliphatic carbocycles. The lowest BCUT2D eigenvalue weighted by molar-refractivity contribution is -0.116. The number of anilines is 1. The predicted octanol–water partition coefficient (Wildman–Crippen LogP) is 2.90. The van der Waals surface area contributed by atoms with Gasteiger partial charge < -0.3 is 4.90 Å². The van der Waals surface area contributed by atoms with E-state index in [9.17, 15) is 4.79 Å². The molecule has 0 saturated carbocycles. The first-order valence-electron chi connectivity index (χ1n) is 4.36. The fourth-order valence-electron chi connectivity index (χ4n) is 1.73. The third kappa shape index (κ3) is 1.39. The predicted molar refractivity (Wildman–Crippen MR) is 58.2 cm³/mol. The van der Waals surface area contributed by atoms with Gasteiger partial charge in [0.1, 0.15) is 0 Å². The zero-order chi connectivity index (χ0) is 10.3. The molecule has 0 spiro atoms. The van der Waals surface area contributed by atoms with Crippen molar-refractivity contribution < 1.29 is 4.79 Å². The van der Waals surface area contributed by atoms with E-state index in [4.69, 9.17) is 23.2 Å². The number of hydrogen-bond acceptors (Lipinski definition) is 1. The molecular weight excluding hydrogens is 221 g/mol. The summed E-state index contributed by atoms with van der Waals surface area (Å²) in [7, 11) is 0. The third-order valence-electron chi connectivity index (χ3n) is 2.41. The summed E-state index contributed by atoms with van der Waals surface area (Å²) in [5.74, 6) is 0.00733. The quantitative estimate of drug-likeness (QED) is 0.671. The molecule has 74 valence electrons. The Morgan fingerprint density at radius 2 is 2.14 bits per heavy atom. The molecule has 0 aromatic heterocycles. The van der Waals surface area contributed by atoms with Gasteiger partial charge in [-0.25, -0.2) is 0 Å². The molecule has 1 aromatic rings. The number of carbonyl (C=O) groups excluding carboxylic acids is 1.